The van der Waals surface area contributed by atoms with Crippen molar-refractivity contribution in [3.8, 4) is 84.1 Å². The molecule has 0 heterocycles. The SMILES string of the molecule is C=C(C#N)C(=O)OC#CC#CC#CC#CF.C=C(C#N)C(=O)OC#CC#CF.F.F.F.F.F.F.F.F.F.F.F.F.F.F.F.F.F.F.F.F.F.F. The molecule has 0 aliphatic carbocycles. The Morgan fingerprint density at radius 3 is 0.780 bits per heavy atom. The molecule has 50 heavy (non-hydrogen) atoms. The minimum absolute atomic E-state index is 0. The predicted octanol–water partition coefficient (Wildman–Crippen LogP) is 4.36. The summed E-state index contributed by atoms with van der Waals surface area (Å²) in [5, 5.41) is 16.4. The summed E-state index contributed by atoms with van der Waals surface area (Å²) >= 11 is 0. The Morgan fingerprint density at radius 1 is 0.380 bits per heavy atom. The molecule has 308 valence electrons. The van der Waals surface area contributed by atoms with E-state index in [1.54, 1.807) is 12.0 Å². The third-order valence-electron chi connectivity index (χ3n) is 1.62. The Balaban J connectivity index is -0.00000000863. The number of rotatable bonds is 2. The van der Waals surface area contributed by atoms with Crippen LogP contribution in [0.2, 0.25) is 0 Å². The lowest BCUT2D eigenvalue weighted by Gasteiger charge is -1.87. The van der Waals surface area contributed by atoms with Crippen LogP contribution in [0.5, 0.6) is 0 Å². The summed E-state index contributed by atoms with van der Waals surface area (Å²) in [5.41, 5.74) is -0.738. The van der Waals surface area contributed by atoms with E-state index in [4.69, 9.17) is 10.5 Å². The van der Waals surface area contributed by atoms with Crippen LogP contribution in [0.25, 0.3) is 0 Å². The van der Waals surface area contributed by atoms with E-state index < -0.39 is 11.9 Å². The molecule has 0 atom stereocenters. The zero-order valence-electron chi connectivity index (χ0n) is 22.7. The maximum Gasteiger partial charge on any atom is 0.362 e. The van der Waals surface area contributed by atoms with E-state index in [0.717, 1.165) is 12.3 Å². The van der Waals surface area contributed by atoms with Gasteiger partial charge in [0.2, 0.25) is 0 Å². The molecule has 0 aromatic heterocycles. The van der Waals surface area contributed by atoms with E-state index in [0.29, 0.717) is 0 Å². The Bertz CT molecular complexity index is 1160. The summed E-state index contributed by atoms with van der Waals surface area (Å²) < 4.78 is 30.6. The van der Waals surface area contributed by atoms with Crippen LogP contribution in [0.1, 0.15) is 0 Å². The van der Waals surface area contributed by atoms with Crippen LogP contribution in [0, 0.1) is 94.6 Å². The van der Waals surface area contributed by atoms with Gasteiger partial charge in [-0.3, -0.25) is 103 Å². The molecule has 0 aromatic carbocycles. The van der Waals surface area contributed by atoms with Crippen molar-refractivity contribution in [3.05, 3.63) is 24.3 Å². The number of nitrogens with zero attached hydrogens (tertiary/aromatic N) is 2. The number of carbonyl (C=O) groups is 2. The first-order valence-corrected chi connectivity index (χ1v) is 6.26. The van der Waals surface area contributed by atoms with Gasteiger partial charge in [0, 0.05) is 47.4 Å². The number of hydrogen-bond acceptors (Lipinski definition) is 6. The largest absolute Gasteiger partial charge is 0.367 e. The van der Waals surface area contributed by atoms with Gasteiger partial charge < -0.3 is 9.47 Å². The van der Waals surface area contributed by atoms with Crippen molar-refractivity contribution in [2.24, 2.45) is 0 Å². The monoisotopic (exact) mass is 814 g/mol. The molecule has 0 rings (SSSR count). The topological polar surface area (TPSA) is 100 Å². The minimum Gasteiger partial charge on any atom is -0.367 e. The summed E-state index contributed by atoms with van der Waals surface area (Å²) in [5.74, 6) is 14.2. The molecule has 0 bridgehead atoms. The molecule has 30 heteroatoms. The van der Waals surface area contributed by atoms with Crippen molar-refractivity contribution in [2.75, 3.05) is 0 Å². The number of ether oxygens (including phenoxy) is 2. The fraction of sp³-hybridized carbons (Fsp3) is 0. The molecule has 0 radical (unpaired) electrons. The summed E-state index contributed by atoms with van der Waals surface area (Å²) in [6.45, 7) is 6.17. The Morgan fingerprint density at radius 2 is 0.560 bits per heavy atom. The molecule has 0 aliphatic rings. The normalized spacial score (nSPS) is 3.20. The number of halogens is 24. The fourth-order valence-corrected chi connectivity index (χ4v) is 0.581. The van der Waals surface area contributed by atoms with Gasteiger partial charge in [-0.05, 0) is 0 Å². The Kier molecular flexibility index (Phi) is 670. The quantitative estimate of drug-likeness (QED) is 0.135. The lowest BCUT2D eigenvalue weighted by atomic mass is 10.3. The van der Waals surface area contributed by atoms with Crippen LogP contribution < -0.4 is 0 Å². The van der Waals surface area contributed by atoms with Gasteiger partial charge in [-0.2, -0.15) is 10.5 Å². The second-order valence-corrected chi connectivity index (χ2v) is 3.35. The first-order chi connectivity index (χ1) is 13.4. The highest BCUT2D eigenvalue weighted by Gasteiger charge is 2.05. The lowest BCUT2D eigenvalue weighted by Crippen LogP contribution is -2.00. The van der Waals surface area contributed by atoms with E-state index in [1.807, 2.05) is 17.9 Å². The molecular formula is C20H26F24N2O4. The van der Waals surface area contributed by atoms with Crippen molar-refractivity contribution in [1.29, 1.82) is 10.5 Å². The first-order valence-electron chi connectivity index (χ1n) is 6.26. The zero-order chi connectivity index (χ0) is 21.6. The van der Waals surface area contributed by atoms with Crippen LogP contribution in [0.3, 0.4) is 0 Å². The van der Waals surface area contributed by atoms with Crippen molar-refractivity contribution in [2.45, 2.75) is 0 Å². The maximum atomic E-state index is 11.2. The summed E-state index contributed by atoms with van der Waals surface area (Å²) in [4.78, 5) is 21.3. The average molecular weight is 814 g/mol. The van der Waals surface area contributed by atoms with Gasteiger partial charge in [0.25, 0.3) is 0 Å². The van der Waals surface area contributed by atoms with Crippen molar-refractivity contribution >= 4 is 11.9 Å². The standard InChI is InChI=1S/C12H2FNO2.C8H2FNO2.22FH/c1-11(10-14)12(15)16-9-7-5-3-2-4-6-8-13;1-7(6-10)8(11)12-5-3-2-4-9;;;;;;;;;;;;;;;;;;;;;;/h1H2;1H2;22*1H. The molecule has 0 N–H and O–H groups in total. The van der Waals surface area contributed by atoms with E-state index >= 15 is 0 Å². The molecule has 6 nitrogen and oxygen atoms in total. The van der Waals surface area contributed by atoms with Crippen molar-refractivity contribution in [3.63, 3.8) is 0 Å². The van der Waals surface area contributed by atoms with Gasteiger partial charge in [0.05, 0.1) is 0 Å². The molecule has 0 saturated heterocycles. The van der Waals surface area contributed by atoms with Gasteiger partial charge in [-0.15, -0.1) is 8.78 Å². The Hall–Kier alpha value is -6.92. The maximum absolute atomic E-state index is 11.2. The molecular weight excluding hydrogens is 788 g/mol. The third-order valence-corrected chi connectivity index (χ3v) is 1.62. The molecule has 0 fully saturated rings. The molecule has 0 unspecified atom stereocenters. The first kappa shape index (κ1) is 210. The van der Waals surface area contributed by atoms with E-state index in [1.165, 1.54) is 12.1 Å². The van der Waals surface area contributed by atoms with Crippen LogP contribution in [-0.4, -0.2) is 11.9 Å². The molecule has 0 spiro atoms. The van der Waals surface area contributed by atoms with Gasteiger partial charge >= 0.3 is 11.9 Å². The van der Waals surface area contributed by atoms with Gasteiger partial charge in [-0.25, -0.2) is 9.59 Å². The van der Waals surface area contributed by atoms with Gasteiger partial charge in [-0.1, -0.05) is 13.2 Å². The van der Waals surface area contributed by atoms with E-state index in [2.05, 4.69) is 52.2 Å². The summed E-state index contributed by atoms with van der Waals surface area (Å²) in [6, 6.07) is 2.95. The second-order valence-electron chi connectivity index (χ2n) is 3.35. The highest BCUT2D eigenvalue weighted by atomic mass is 19.1. The second kappa shape index (κ2) is 160. The summed E-state index contributed by atoms with van der Waals surface area (Å²) in [6.07, 6.45) is 5.75. The van der Waals surface area contributed by atoms with E-state index in [-0.39, 0.29) is 115 Å². The zero-order valence-corrected chi connectivity index (χ0v) is 22.7. The smallest absolute Gasteiger partial charge is 0.362 e. The highest BCUT2D eigenvalue weighted by molar-refractivity contribution is 5.93. The van der Waals surface area contributed by atoms with Gasteiger partial charge in [0.1, 0.15) is 47.8 Å². The minimum atomic E-state index is -0.967. The van der Waals surface area contributed by atoms with Crippen molar-refractivity contribution < 1.29 is 131 Å². The molecule has 0 amide bonds. The van der Waals surface area contributed by atoms with E-state index in [9.17, 15) is 18.4 Å². The third kappa shape index (κ3) is 149. The molecule has 0 saturated carbocycles. The van der Waals surface area contributed by atoms with Gasteiger partial charge in [0.15, 0.2) is 0 Å². The van der Waals surface area contributed by atoms with Crippen LogP contribution in [0.4, 0.5) is 112 Å². The molecule has 0 aromatic rings. The highest BCUT2D eigenvalue weighted by Crippen LogP contribution is 1.90. The Labute approximate surface area is 263 Å². The molecule has 0 aliphatic heterocycles. The number of esters is 2. The van der Waals surface area contributed by atoms with Crippen LogP contribution in [0.15, 0.2) is 24.3 Å². The average Bonchev–Trinajstić information content (AvgIpc) is 2.71. The lowest BCUT2D eigenvalue weighted by molar-refractivity contribution is -0.132. The van der Waals surface area contributed by atoms with Crippen LogP contribution >= 0.6 is 0 Å². The number of carbonyl (C=O) groups excluding carboxylic acids is 2. The summed E-state index contributed by atoms with van der Waals surface area (Å²) in [7, 11) is 0. The fourth-order valence-electron chi connectivity index (χ4n) is 0.581. The number of nitriles is 2. The van der Waals surface area contributed by atoms with Crippen LogP contribution in [-0.2, 0) is 19.1 Å². The number of hydrogen-bond donors (Lipinski definition) is 0. The van der Waals surface area contributed by atoms with Crippen molar-refractivity contribution in [1.82, 2.24) is 0 Å². The predicted molar refractivity (Wildman–Crippen MR) is 146 cm³/mol.